The molecule has 0 bridgehead atoms. The van der Waals surface area contributed by atoms with Gasteiger partial charge in [-0.2, -0.15) is 5.26 Å². The highest BCUT2D eigenvalue weighted by molar-refractivity contribution is 6.30. The molecule has 1 fully saturated rings. The molecule has 3 aromatic rings. The fourth-order valence-electron chi connectivity index (χ4n) is 3.96. The van der Waals surface area contributed by atoms with Crippen molar-refractivity contribution in [3.05, 3.63) is 82.9 Å². The summed E-state index contributed by atoms with van der Waals surface area (Å²) in [6.07, 6.45) is 1.30. The van der Waals surface area contributed by atoms with Gasteiger partial charge in [-0.15, -0.1) is 0 Å². The lowest BCUT2D eigenvalue weighted by atomic mass is 10.0. The van der Waals surface area contributed by atoms with Gasteiger partial charge in [-0.05, 0) is 47.4 Å². The van der Waals surface area contributed by atoms with Gasteiger partial charge < -0.3 is 10.2 Å². The second kappa shape index (κ2) is 8.56. The molecule has 1 N–H and O–H groups in total. The van der Waals surface area contributed by atoms with E-state index in [0.29, 0.717) is 29.1 Å². The smallest absolute Gasteiger partial charge is 0.255 e. The number of likely N-dealkylation sites (tertiary alicyclic amines) is 1. The minimum atomic E-state index is -0.827. The van der Waals surface area contributed by atoms with Crippen LogP contribution in [0.5, 0.6) is 0 Å². The number of amides is 2. The summed E-state index contributed by atoms with van der Waals surface area (Å²) in [5.41, 5.74) is 1.20. The van der Waals surface area contributed by atoms with Crippen LogP contribution in [0.2, 0.25) is 5.02 Å². The van der Waals surface area contributed by atoms with Crippen LogP contribution in [0.3, 0.4) is 0 Å². The molecule has 0 aromatic heterocycles. The van der Waals surface area contributed by atoms with Gasteiger partial charge in [0, 0.05) is 17.1 Å². The van der Waals surface area contributed by atoms with Gasteiger partial charge in [0.2, 0.25) is 5.91 Å². The molecule has 6 heteroatoms. The standard InChI is InChI=1S/C24H20ClN3O2/c25-18-9-3-8-17(14-18)21(15-26)27-23(29)22-12-5-13-28(22)24(30)20-11-4-7-16-6-1-2-10-19(16)20/h1-4,6-11,14,21-22H,5,12-13H2,(H,27,29)/t21?,22-/m0/s1. The van der Waals surface area contributed by atoms with Crippen molar-refractivity contribution in [2.45, 2.75) is 24.9 Å². The third-order valence-corrected chi connectivity index (χ3v) is 5.67. The van der Waals surface area contributed by atoms with E-state index in [1.807, 2.05) is 36.4 Å². The summed E-state index contributed by atoms with van der Waals surface area (Å²) in [6.45, 7) is 0.508. The number of halogens is 1. The van der Waals surface area contributed by atoms with Crippen LogP contribution in [0.1, 0.15) is 34.8 Å². The molecule has 150 valence electrons. The molecule has 1 unspecified atom stereocenters. The molecule has 5 nitrogen and oxygen atoms in total. The van der Waals surface area contributed by atoms with Crippen molar-refractivity contribution in [3.8, 4) is 6.07 Å². The van der Waals surface area contributed by atoms with E-state index < -0.39 is 12.1 Å². The van der Waals surface area contributed by atoms with E-state index >= 15 is 0 Å². The normalized spacial score (nSPS) is 16.8. The average molecular weight is 418 g/mol. The zero-order chi connectivity index (χ0) is 21.1. The van der Waals surface area contributed by atoms with Crippen LogP contribution in [0.15, 0.2) is 66.7 Å². The molecule has 1 aliphatic rings. The van der Waals surface area contributed by atoms with Gasteiger partial charge in [0.1, 0.15) is 12.1 Å². The molecule has 2 amide bonds. The van der Waals surface area contributed by atoms with Crippen LogP contribution in [-0.2, 0) is 4.79 Å². The molecule has 0 aliphatic carbocycles. The number of hydrogen-bond acceptors (Lipinski definition) is 3. The minimum Gasteiger partial charge on any atom is -0.335 e. The third-order valence-electron chi connectivity index (χ3n) is 5.43. The molecular formula is C24H20ClN3O2. The maximum Gasteiger partial charge on any atom is 0.255 e. The fraction of sp³-hybridized carbons (Fsp3) is 0.208. The molecule has 4 rings (SSSR count). The van der Waals surface area contributed by atoms with E-state index in [9.17, 15) is 14.9 Å². The van der Waals surface area contributed by atoms with Crippen molar-refractivity contribution >= 4 is 34.2 Å². The van der Waals surface area contributed by atoms with E-state index in [0.717, 1.165) is 17.2 Å². The number of carbonyl (C=O) groups excluding carboxylic acids is 2. The van der Waals surface area contributed by atoms with Gasteiger partial charge in [-0.1, -0.05) is 60.1 Å². The Morgan fingerprint density at radius 2 is 1.87 bits per heavy atom. The number of hydrogen-bond donors (Lipinski definition) is 1. The number of rotatable bonds is 4. The predicted molar refractivity (Wildman–Crippen MR) is 116 cm³/mol. The quantitative estimate of drug-likeness (QED) is 0.680. The van der Waals surface area contributed by atoms with Crippen molar-refractivity contribution in [2.24, 2.45) is 0 Å². The van der Waals surface area contributed by atoms with Gasteiger partial charge in [-0.25, -0.2) is 0 Å². The summed E-state index contributed by atoms with van der Waals surface area (Å²) in [5, 5.41) is 14.7. The Labute approximate surface area is 179 Å². The molecule has 0 spiro atoms. The maximum atomic E-state index is 13.3. The summed E-state index contributed by atoms with van der Waals surface area (Å²) in [4.78, 5) is 27.9. The van der Waals surface area contributed by atoms with Gasteiger partial charge in [-0.3, -0.25) is 9.59 Å². The summed E-state index contributed by atoms with van der Waals surface area (Å²) in [6, 6.07) is 20.8. The second-order valence-corrected chi connectivity index (χ2v) is 7.75. The number of fused-ring (bicyclic) bond motifs is 1. The summed E-state index contributed by atoms with van der Waals surface area (Å²) < 4.78 is 0. The van der Waals surface area contributed by atoms with Gasteiger partial charge >= 0.3 is 0 Å². The fourth-order valence-corrected chi connectivity index (χ4v) is 4.16. The van der Waals surface area contributed by atoms with E-state index in [1.54, 1.807) is 35.2 Å². The van der Waals surface area contributed by atoms with Crippen molar-refractivity contribution in [3.63, 3.8) is 0 Å². The number of nitrogens with one attached hydrogen (secondary N) is 1. The Morgan fingerprint density at radius 3 is 2.67 bits per heavy atom. The summed E-state index contributed by atoms with van der Waals surface area (Å²) >= 11 is 6.01. The minimum absolute atomic E-state index is 0.166. The Kier molecular flexibility index (Phi) is 5.69. The monoisotopic (exact) mass is 417 g/mol. The van der Waals surface area contributed by atoms with Gasteiger partial charge in [0.15, 0.2) is 0 Å². The van der Waals surface area contributed by atoms with E-state index in [2.05, 4.69) is 11.4 Å². The molecule has 0 radical (unpaired) electrons. The predicted octanol–water partition coefficient (Wildman–Crippen LogP) is 4.48. The molecule has 1 saturated heterocycles. The number of benzene rings is 3. The second-order valence-electron chi connectivity index (χ2n) is 7.31. The number of nitriles is 1. The molecule has 1 heterocycles. The van der Waals surface area contributed by atoms with Crippen LogP contribution in [0.25, 0.3) is 10.8 Å². The first-order chi connectivity index (χ1) is 14.6. The topological polar surface area (TPSA) is 73.2 Å². The lowest BCUT2D eigenvalue weighted by Gasteiger charge is -2.25. The van der Waals surface area contributed by atoms with Gasteiger partial charge in [0.25, 0.3) is 5.91 Å². The van der Waals surface area contributed by atoms with Crippen LogP contribution in [-0.4, -0.2) is 29.3 Å². The van der Waals surface area contributed by atoms with Crippen LogP contribution in [0, 0.1) is 11.3 Å². The van der Waals surface area contributed by atoms with Crippen molar-refractivity contribution < 1.29 is 9.59 Å². The van der Waals surface area contributed by atoms with Crippen molar-refractivity contribution in [1.29, 1.82) is 5.26 Å². The molecular weight excluding hydrogens is 398 g/mol. The van der Waals surface area contributed by atoms with E-state index in [1.165, 1.54) is 0 Å². The van der Waals surface area contributed by atoms with Crippen LogP contribution >= 0.6 is 11.6 Å². The SMILES string of the molecule is N#CC(NC(=O)[C@@H]1CCCN1C(=O)c1cccc2ccccc12)c1cccc(Cl)c1. The van der Waals surface area contributed by atoms with Crippen molar-refractivity contribution in [2.75, 3.05) is 6.54 Å². The summed E-state index contributed by atoms with van der Waals surface area (Å²) in [5.74, 6) is -0.492. The zero-order valence-corrected chi connectivity index (χ0v) is 17.0. The molecule has 30 heavy (non-hydrogen) atoms. The molecule has 2 atom stereocenters. The Bertz CT molecular complexity index is 1150. The molecule has 3 aromatic carbocycles. The first-order valence-corrected chi connectivity index (χ1v) is 10.2. The van der Waals surface area contributed by atoms with E-state index in [-0.39, 0.29) is 11.8 Å². The lowest BCUT2D eigenvalue weighted by Crippen LogP contribution is -2.46. The van der Waals surface area contributed by atoms with Gasteiger partial charge in [0.05, 0.1) is 6.07 Å². The first kappa shape index (κ1) is 19.9. The summed E-state index contributed by atoms with van der Waals surface area (Å²) in [7, 11) is 0. The largest absolute Gasteiger partial charge is 0.335 e. The third kappa shape index (κ3) is 3.87. The highest BCUT2D eigenvalue weighted by atomic mass is 35.5. The Hall–Kier alpha value is -3.36. The molecule has 1 aliphatic heterocycles. The number of carbonyl (C=O) groups is 2. The van der Waals surface area contributed by atoms with Crippen LogP contribution in [0.4, 0.5) is 0 Å². The van der Waals surface area contributed by atoms with E-state index in [4.69, 9.17) is 11.6 Å². The highest BCUT2D eigenvalue weighted by Crippen LogP contribution is 2.26. The zero-order valence-electron chi connectivity index (χ0n) is 16.2. The first-order valence-electron chi connectivity index (χ1n) is 9.82. The number of nitrogens with zero attached hydrogens (tertiary/aromatic N) is 2. The lowest BCUT2D eigenvalue weighted by molar-refractivity contribution is -0.125. The van der Waals surface area contributed by atoms with Crippen LogP contribution < -0.4 is 5.32 Å². The molecule has 0 saturated carbocycles. The average Bonchev–Trinajstić information content (AvgIpc) is 3.26. The highest BCUT2D eigenvalue weighted by Gasteiger charge is 2.36. The maximum absolute atomic E-state index is 13.3. The Morgan fingerprint density at radius 1 is 1.10 bits per heavy atom. The van der Waals surface area contributed by atoms with Crippen molar-refractivity contribution in [1.82, 2.24) is 10.2 Å². The Balaban J connectivity index is 1.56.